The number of carbonyl (C=O) groups is 1. The molecule has 1 N–H and O–H groups in total. The van der Waals surface area contributed by atoms with Gasteiger partial charge in [0.05, 0.1) is 13.7 Å². The van der Waals surface area contributed by atoms with Gasteiger partial charge in [0.1, 0.15) is 18.1 Å². The Morgan fingerprint density at radius 1 is 1.07 bits per heavy atom. The highest BCUT2D eigenvalue weighted by molar-refractivity contribution is 5.94. The molecule has 0 unspecified atom stereocenters. The highest BCUT2D eigenvalue weighted by Crippen LogP contribution is 2.31. The molecule has 0 saturated heterocycles. The summed E-state index contributed by atoms with van der Waals surface area (Å²) >= 11 is 0. The van der Waals surface area contributed by atoms with Gasteiger partial charge in [-0.1, -0.05) is 0 Å². The standard InChI is InChI=1S/C19H15F4N3O4/c1-3-29-19(27)17-16(24-26-25-17)9-4-5-13(28-2)10(6-9)8-30-18-14(22)11(20)7-12(21)15(18)23/h4-7H,3,8H2,1-2H3,(H,24,25,26). The Morgan fingerprint density at radius 2 is 1.77 bits per heavy atom. The van der Waals surface area contributed by atoms with E-state index in [1.807, 2.05) is 0 Å². The Balaban J connectivity index is 1.94. The minimum absolute atomic E-state index is 0.0711. The molecule has 0 saturated carbocycles. The minimum Gasteiger partial charge on any atom is -0.496 e. The first-order valence-corrected chi connectivity index (χ1v) is 8.58. The number of methoxy groups -OCH3 is 1. The number of ether oxygens (including phenoxy) is 3. The maximum absolute atomic E-state index is 13.8. The van der Waals surface area contributed by atoms with Crippen LogP contribution in [0.5, 0.6) is 11.5 Å². The van der Waals surface area contributed by atoms with Crippen molar-refractivity contribution in [3.8, 4) is 22.8 Å². The van der Waals surface area contributed by atoms with Crippen LogP contribution in [0.15, 0.2) is 24.3 Å². The van der Waals surface area contributed by atoms with E-state index < -0.39 is 41.6 Å². The molecule has 0 atom stereocenters. The van der Waals surface area contributed by atoms with E-state index in [0.29, 0.717) is 5.56 Å². The van der Waals surface area contributed by atoms with E-state index in [4.69, 9.17) is 14.2 Å². The Bertz CT molecular complexity index is 1060. The maximum atomic E-state index is 13.8. The van der Waals surface area contributed by atoms with Crippen LogP contribution in [0.4, 0.5) is 17.6 Å². The van der Waals surface area contributed by atoms with Crippen LogP contribution >= 0.6 is 0 Å². The second-order valence-corrected chi connectivity index (χ2v) is 5.85. The lowest BCUT2D eigenvalue weighted by Gasteiger charge is -2.13. The normalized spacial score (nSPS) is 10.7. The lowest BCUT2D eigenvalue weighted by molar-refractivity contribution is 0.0520. The number of H-pyrrole nitrogens is 1. The quantitative estimate of drug-likeness (QED) is 0.352. The number of rotatable bonds is 7. The fourth-order valence-electron chi connectivity index (χ4n) is 2.64. The molecule has 0 amide bonds. The number of hydrogen-bond acceptors (Lipinski definition) is 6. The first-order valence-electron chi connectivity index (χ1n) is 8.58. The SMILES string of the molecule is CCOC(=O)c1n[nH]nc1-c1ccc(OC)c(COc2c(F)c(F)cc(F)c2F)c1. The summed E-state index contributed by atoms with van der Waals surface area (Å²) < 4.78 is 69.5. The number of carbonyl (C=O) groups excluding carboxylic acids is 1. The molecule has 7 nitrogen and oxygen atoms in total. The van der Waals surface area contributed by atoms with E-state index in [1.165, 1.54) is 19.2 Å². The number of aromatic amines is 1. The molecular weight excluding hydrogens is 410 g/mol. The van der Waals surface area contributed by atoms with Crippen molar-refractivity contribution < 1.29 is 36.6 Å². The van der Waals surface area contributed by atoms with Crippen LogP contribution in [0.1, 0.15) is 23.0 Å². The van der Waals surface area contributed by atoms with Crippen molar-refractivity contribution in [3.63, 3.8) is 0 Å². The number of benzene rings is 2. The van der Waals surface area contributed by atoms with Crippen molar-refractivity contribution >= 4 is 5.97 Å². The van der Waals surface area contributed by atoms with Crippen molar-refractivity contribution in [2.24, 2.45) is 0 Å². The predicted molar refractivity (Wildman–Crippen MR) is 94.9 cm³/mol. The van der Waals surface area contributed by atoms with Crippen LogP contribution in [0, 0.1) is 23.3 Å². The van der Waals surface area contributed by atoms with Gasteiger partial charge in [-0.25, -0.2) is 13.6 Å². The topological polar surface area (TPSA) is 86.3 Å². The number of hydrogen-bond donors (Lipinski definition) is 1. The molecular formula is C19H15F4N3O4. The Hall–Kier alpha value is -3.63. The summed E-state index contributed by atoms with van der Waals surface area (Å²) in [5.74, 6) is -8.15. The van der Waals surface area contributed by atoms with Gasteiger partial charge in [0.2, 0.25) is 11.6 Å². The molecule has 0 aliphatic heterocycles. The van der Waals surface area contributed by atoms with Crippen molar-refractivity contribution in [1.82, 2.24) is 15.4 Å². The van der Waals surface area contributed by atoms with Crippen molar-refractivity contribution in [2.75, 3.05) is 13.7 Å². The number of nitrogens with zero attached hydrogens (tertiary/aromatic N) is 2. The zero-order valence-electron chi connectivity index (χ0n) is 15.8. The number of halogens is 4. The zero-order chi connectivity index (χ0) is 21.8. The zero-order valence-corrected chi connectivity index (χ0v) is 15.8. The van der Waals surface area contributed by atoms with Crippen LogP contribution in [0.25, 0.3) is 11.3 Å². The molecule has 3 rings (SSSR count). The Morgan fingerprint density at radius 3 is 2.40 bits per heavy atom. The lowest BCUT2D eigenvalue weighted by Crippen LogP contribution is -2.07. The van der Waals surface area contributed by atoms with Crippen LogP contribution < -0.4 is 9.47 Å². The van der Waals surface area contributed by atoms with E-state index in [-0.39, 0.29) is 35.4 Å². The molecule has 0 aliphatic rings. The van der Waals surface area contributed by atoms with Gasteiger partial charge >= 0.3 is 5.97 Å². The van der Waals surface area contributed by atoms with E-state index in [2.05, 4.69) is 15.4 Å². The lowest BCUT2D eigenvalue weighted by atomic mass is 10.1. The summed E-state index contributed by atoms with van der Waals surface area (Å²) in [6, 6.07) is 4.60. The monoisotopic (exact) mass is 425 g/mol. The third-order valence-electron chi connectivity index (χ3n) is 4.01. The van der Waals surface area contributed by atoms with Crippen molar-refractivity contribution in [3.05, 3.63) is 58.8 Å². The summed E-state index contributed by atoms with van der Waals surface area (Å²) in [5.41, 5.74) is 0.735. The van der Waals surface area contributed by atoms with Gasteiger partial charge < -0.3 is 14.2 Å². The molecule has 2 aromatic carbocycles. The molecule has 11 heteroatoms. The first-order chi connectivity index (χ1) is 14.4. The Kier molecular flexibility index (Phi) is 6.19. The molecule has 1 aromatic heterocycles. The van der Waals surface area contributed by atoms with Crippen LogP contribution in [-0.2, 0) is 11.3 Å². The van der Waals surface area contributed by atoms with Crippen LogP contribution in [-0.4, -0.2) is 35.1 Å². The fraction of sp³-hybridized carbons (Fsp3) is 0.211. The minimum atomic E-state index is -1.66. The molecule has 3 aromatic rings. The van der Waals surface area contributed by atoms with Gasteiger partial charge in [-0.05, 0) is 25.1 Å². The number of esters is 1. The molecule has 1 heterocycles. The summed E-state index contributed by atoms with van der Waals surface area (Å²) in [7, 11) is 1.35. The third-order valence-corrected chi connectivity index (χ3v) is 4.01. The molecule has 158 valence electrons. The van der Waals surface area contributed by atoms with Gasteiger partial charge in [-0.3, -0.25) is 0 Å². The van der Waals surface area contributed by atoms with E-state index in [0.717, 1.165) is 0 Å². The van der Waals surface area contributed by atoms with Crippen LogP contribution in [0.2, 0.25) is 0 Å². The fourth-order valence-corrected chi connectivity index (χ4v) is 2.64. The van der Waals surface area contributed by atoms with Gasteiger partial charge in [0.15, 0.2) is 23.1 Å². The largest absolute Gasteiger partial charge is 0.496 e. The second-order valence-electron chi connectivity index (χ2n) is 5.85. The third kappa shape index (κ3) is 4.04. The second kappa shape index (κ2) is 8.80. The summed E-state index contributed by atoms with van der Waals surface area (Å²) in [4.78, 5) is 12.0. The Labute approximate surface area is 167 Å². The van der Waals surface area contributed by atoms with Gasteiger partial charge in [0, 0.05) is 17.2 Å². The van der Waals surface area contributed by atoms with Crippen LogP contribution in [0.3, 0.4) is 0 Å². The van der Waals surface area contributed by atoms with E-state index in [9.17, 15) is 22.4 Å². The summed E-state index contributed by atoms with van der Waals surface area (Å²) in [5, 5.41) is 10.0. The summed E-state index contributed by atoms with van der Waals surface area (Å²) in [6.07, 6.45) is 0. The van der Waals surface area contributed by atoms with Gasteiger partial charge in [-0.2, -0.15) is 19.1 Å². The van der Waals surface area contributed by atoms with Gasteiger partial charge in [0.25, 0.3) is 0 Å². The molecule has 0 bridgehead atoms. The maximum Gasteiger partial charge on any atom is 0.361 e. The molecule has 0 fully saturated rings. The molecule has 0 spiro atoms. The highest BCUT2D eigenvalue weighted by atomic mass is 19.2. The molecule has 0 radical (unpaired) electrons. The molecule has 30 heavy (non-hydrogen) atoms. The molecule has 0 aliphatic carbocycles. The van der Waals surface area contributed by atoms with Crippen molar-refractivity contribution in [2.45, 2.75) is 13.5 Å². The number of nitrogens with one attached hydrogen (secondary N) is 1. The van der Waals surface area contributed by atoms with E-state index >= 15 is 0 Å². The first kappa shape index (κ1) is 21.1. The summed E-state index contributed by atoms with van der Waals surface area (Å²) in [6.45, 7) is 1.27. The smallest absolute Gasteiger partial charge is 0.361 e. The van der Waals surface area contributed by atoms with E-state index in [1.54, 1.807) is 13.0 Å². The average molecular weight is 425 g/mol. The van der Waals surface area contributed by atoms with Crippen molar-refractivity contribution in [1.29, 1.82) is 0 Å². The number of aromatic nitrogens is 3. The van der Waals surface area contributed by atoms with Gasteiger partial charge in [-0.15, -0.1) is 5.10 Å². The predicted octanol–water partition coefficient (Wildman–Crippen LogP) is 3.79. The highest BCUT2D eigenvalue weighted by Gasteiger charge is 2.23. The average Bonchev–Trinajstić information content (AvgIpc) is 3.22.